The second-order valence-electron chi connectivity index (χ2n) is 7.61. The van der Waals surface area contributed by atoms with Crippen molar-refractivity contribution in [3.05, 3.63) is 59.2 Å². The van der Waals surface area contributed by atoms with Crippen molar-refractivity contribution in [2.45, 2.75) is 37.7 Å². The lowest BCUT2D eigenvalue weighted by atomic mass is 9.90. The summed E-state index contributed by atoms with van der Waals surface area (Å²) in [7, 11) is -1.66. The maximum absolute atomic E-state index is 11.6. The first-order chi connectivity index (χ1) is 13.0. The molecule has 1 unspecified atom stereocenters. The number of hydrogen-bond donors (Lipinski definition) is 3. The Morgan fingerprint density at radius 3 is 2.31 bits per heavy atom. The number of phenolic OH excluding ortho intramolecular Hbond substituents is 1. The van der Waals surface area contributed by atoms with Crippen molar-refractivity contribution in [1.29, 1.82) is 0 Å². The highest BCUT2D eigenvalue weighted by Crippen LogP contribution is 2.30. The molecule has 0 radical (unpaired) electrons. The summed E-state index contributed by atoms with van der Waals surface area (Å²) in [4.78, 5) is 0. The molecule has 0 fully saturated rings. The Morgan fingerprint density at radius 1 is 1.14 bits per heavy atom. The molecule has 0 saturated heterocycles. The molecular weight excluding hydrogens is 414 g/mol. The number of aliphatic hydroxyl groups excluding tert-OH is 1. The Hall–Kier alpha value is -1.80. The van der Waals surface area contributed by atoms with Crippen molar-refractivity contribution in [2.24, 2.45) is 0 Å². The van der Waals surface area contributed by atoms with Crippen molar-refractivity contribution in [1.82, 2.24) is 5.32 Å². The molecule has 0 aliphatic rings. The van der Waals surface area contributed by atoms with Crippen LogP contribution in [0, 0.1) is 0 Å². The molecule has 0 aliphatic heterocycles. The summed E-state index contributed by atoms with van der Waals surface area (Å²) in [6, 6.07) is 12.4. The Labute approximate surface area is 179 Å². The zero-order chi connectivity index (χ0) is 20.9. The minimum absolute atomic E-state index is 0. The normalized spacial score (nSPS) is 12.9. The van der Waals surface area contributed by atoms with Gasteiger partial charge in [0.2, 0.25) is 0 Å². The average Bonchev–Trinajstić information content (AvgIpc) is 2.62. The summed E-state index contributed by atoms with van der Waals surface area (Å²) in [5, 5.41) is 24.1. The lowest BCUT2D eigenvalue weighted by molar-refractivity contribution is 0.0806. The molecule has 0 bridgehead atoms. The smallest absolute Gasteiger partial charge is 0.151 e. The predicted octanol–water partition coefficient (Wildman–Crippen LogP) is 3.01. The van der Waals surface area contributed by atoms with Gasteiger partial charge in [-0.25, -0.2) is 8.42 Å². The van der Waals surface area contributed by atoms with Gasteiger partial charge in [0.25, 0.3) is 0 Å². The summed E-state index contributed by atoms with van der Waals surface area (Å²) in [5.41, 5.74) is 1.34. The first kappa shape index (κ1) is 25.2. The zero-order valence-corrected chi connectivity index (χ0v) is 18.8. The molecule has 2 rings (SSSR count). The largest absolute Gasteiger partial charge is 0.508 e. The molecule has 0 spiro atoms. The van der Waals surface area contributed by atoms with Gasteiger partial charge >= 0.3 is 0 Å². The zero-order valence-electron chi connectivity index (χ0n) is 17.2. The number of ether oxygens (including phenoxy) is 1. The molecule has 0 aliphatic carbocycles. The third-order valence-corrected chi connectivity index (χ3v) is 5.51. The molecule has 29 heavy (non-hydrogen) atoms. The van der Waals surface area contributed by atoms with Crippen molar-refractivity contribution < 1.29 is 23.4 Å². The van der Waals surface area contributed by atoms with E-state index in [1.54, 1.807) is 19.2 Å². The molecule has 0 heterocycles. The average molecular weight is 444 g/mol. The van der Waals surface area contributed by atoms with Gasteiger partial charge in [-0.15, -0.1) is 12.4 Å². The standard InChI is InChI=1S/C21H29NO5S.ClH/c1-21(2,22-12-11-15-5-8-18(27-3)9-6-15)20(24)16-7-10-19(23)17(13-16)14-28(4,25)26;/h5-10,13,20,22-24H,11-12,14H2,1-4H3;1H. The fourth-order valence-corrected chi connectivity index (χ4v) is 3.80. The van der Waals surface area contributed by atoms with E-state index in [4.69, 9.17) is 4.74 Å². The third-order valence-electron chi connectivity index (χ3n) is 4.67. The van der Waals surface area contributed by atoms with Crippen LogP contribution in [-0.4, -0.2) is 44.1 Å². The van der Waals surface area contributed by atoms with Crippen LogP contribution in [0.1, 0.15) is 36.6 Å². The molecule has 0 saturated carbocycles. The summed E-state index contributed by atoms with van der Waals surface area (Å²) >= 11 is 0. The van der Waals surface area contributed by atoms with Gasteiger partial charge in [0.1, 0.15) is 11.5 Å². The number of benzene rings is 2. The quantitative estimate of drug-likeness (QED) is 0.551. The van der Waals surface area contributed by atoms with Crippen LogP contribution < -0.4 is 10.1 Å². The molecule has 162 valence electrons. The molecule has 0 amide bonds. The number of sulfone groups is 1. The van der Waals surface area contributed by atoms with Crippen LogP contribution in [-0.2, 0) is 22.0 Å². The maximum Gasteiger partial charge on any atom is 0.151 e. The summed E-state index contributed by atoms with van der Waals surface area (Å²) < 4.78 is 28.3. The molecule has 2 aromatic carbocycles. The van der Waals surface area contributed by atoms with Crippen LogP contribution in [0.5, 0.6) is 11.5 Å². The molecule has 8 heteroatoms. The molecule has 0 aromatic heterocycles. The summed E-state index contributed by atoms with van der Waals surface area (Å²) in [5.74, 6) is 0.446. The highest BCUT2D eigenvalue weighted by atomic mass is 35.5. The number of aromatic hydroxyl groups is 1. The van der Waals surface area contributed by atoms with E-state index in [0.29, 0.717) is 12.1 Å². The number of nitrogens with one attached hydrogen (secondary N) is 1. The van der Waals surface area contributed by atoms with Gasteiger partial charge in [-0.3, -0.25) is 0 Å². The first-order valence-corrected chi connectivity index (χ1v) is 11.1. The van der Waals surface area contributed by atoms with E-state index in [2.05, 4.69) is 5.32 Å². The van der Waals surface area contributed by atoms with Crippen molar-refractivity contribution in [3.63, 3.8) is 0 Å². The predicted molar refractivity (Wildman–Crippen MR) is 118 cm³/mol. The number of hydrogen-bond acceptors (Lipinski definition) is 6. The molecule has 3 N–H and O–H groups in total. The number of rotatable bonds is 9. The Bertz CT molecular complexity index is 898. The minimum Gasteiger partial charge on any atom is -0.508 e. The van der Waals surface area contributed by atoms with Crippen molar-refractivity contribution >= 4 is 22.2 Å². The van der Waals surface area contributed by atoms with Gasteiger partial charge in [-0.2, -0.15) is 0 Å². The van der Waals surface area contributed by atoms with E-state index in [-0.39, 0.29) is 29.5 Å². The molecule has 6 nitrogen and oxygen atoms in total. The van der Waals surface area contributed by atoms with Gasteiger partial charge in [0, 0.05) is 17.4 Å². The van der Waals surface area contributed by atoms with E-state index in [9.17, 15) is 18.6 Å². The van der Waals surface area contributed by atoms with Crippen LogP contribution in [0.25, 0.3) is 0 Å². The second-order valence-corrected chi connectivity index (χ2v) is 9.75. The van der Waals surface area contributed by atoms with Crippen LogP contribution in [0.2, 0.25) is 0 Å². The van der Waals surface area contributed by atoms with Crippen LogP contribution >= 0.6 is 12.4 Å². The van der Waals surface area contributed by atoms with E-state index < -0.39 is 21.5 Å². The van der Waals surface area contributed by atoms with Crippen molar-refractivity contribution in [3.8, 4) is 11.5 Å². The van der Waals surface area contributed by atoms with Crippen LogP contribution in [0.15, 0.2) is 42.5 Å². The van der Waals surface area contributed by atoms with E-state index in [1.807, 2.05) is 38.1 Å². The van der Waals surface area contributed by atoms with Crippen LogP contribution in [0.3, 0.4) is 0 Å². The molecular formula is C21H30ClNO5S. The Morgan fingerprint density at radius 2 is 1.76 bits per heavy atom. The number of methoxy groups -OCH3 is 1. The third kappa shape index (κ3) is 7.51. The molecule has 1 atom stereocenters. The van der Waals surface area contributed by atoms with Crippen molar-refractivity contribution in [2.75, 3.05) is 19.9 Å². The first-order valence-electron chi connectivity index (χ1n) is 9.07. The maximum atomic E-state index is 11.6. The van der Waals surface area contributed by atoms with Gasteiger partial charge in [0.15, 0.2) is 9.84 Å². The fraction of sp³-hybridized carbons (Fsp3) is 0.429. The van der Waals surface area contributed by atoms with Gasteiger partial charge in [0.05, 0.1) is 19.0 Å². The Kier molecular flexibility index (Phi) is 8.96. The Balaban J connectivity index is 0.00000420. The number of aliphatic hydroxyl groups is 1. The second kappa shape index (κ2) is 10.3. The van der Waals surface area contributed by atoms with Gasteiger partial charge in [-0.05, 0) is 62.2 Å². The monoisotopic (exact) mass is 443 g/mol. The lowest BCUT2D eigenvalue weighted by Gasteiger charge is -2.32. The molecule has 2 aromatic rings. The van der Waals surface area contributed by atoms with Crippen LogP contribution in [0.4, 0.5) is 0 Å². The highest BCUT2D eigenvalue weighted by molar-refractivity contribution is 7.89. The highest BCUT2D eigenvalue weighted by Gasteiger charge is 2.29. The SMILES string of the molecule is COc1ccc(CCNC(C)(C)C(O)c2ccc(O)c(CS(C)(=O)=O)c2)cc1.Cl. The van der Waals surface area contributed by atoms with Gasteiger partial charge < -0.3 is 20.3 Å². The van der Waals surface area contributed by atoms with E-state index >= 15 is 0 Å². The summed E-state index contributed by atoms with van der Waals surface area (Å²) in [6.07, 6.45) is 1.03. The topological polar surface area (TPSA) is 95.9 Å². The minimum atomic E-state index is -3.29. The van der Waals surface area contributed by atoms with E-state index in [0.717, 1.165) is 24.0 Å². The fourth-order valence-electron chi connectivity index (χ4n) is 3.01. The number of halogens is 1. The summed E-state index contributed by atoms with van der Waals surface area (Å²) in [6.45, 7) is 4.42. The number of phenols is 1. The lowest BCUT2D eigenvalue weighted by Crippen LogP contribution is -2.45. The van der Waals surface area contributed by atoms with E-state index in [1.165, 1.54) is 6.07 Å². The van der Waals surface area contributed by atoms with Gasteiger partial charge in [-0.1, -0.05) is 18.2 Å².